The van der Waals surface area contributed by atoms with E-state index in [-0.39, 0.29) is 18.2 Å². The molecule has 0 aromatic heterocycles. The van der Waals surface area contributed by atoms with E-state index >= 15 is 0 Å². The molecule has 0 saturated carbocycles. The zero-order valence-electron chi connectivity index (χ0n) is 15.0. The number of ether oxygens (including phenoxy) is 3. The molecule has 2 aromatic rings. The van der Waals surface area contributed by atoms with Gasteiger partial charge in [0.2, 0.25) is 0 Å². The molecule has 1 saturated heterocycles. The normalized spacial score (nSPS) is 17.9. The van der Waals surface area contributed by atoms with E-state index in [0.29, 0.717) is 37.8 Å². The van der Waals surface area contributed by atoms with Gasteiger partial charge in [0.15, 0.2) is 11.5 Å². The minimum Gasteiger partial charge on any atom is -0.493 e. The maximum atomic E-state index is 13.9. The number of halogens is 2. The standard InChI is InChI=1S/C20H23F2NO3/c1-14-6-7-19(20(10-14)24-2)26-13-15-11-23(8-9-25-15)12-16-17(21)4-3-5-18(16)22/h3-7,10,15H,8-9,11-13H2,1-2H3. The summed E-state index contributed by atoms with van der Waals surface area (Å²) in [5, 5.41) is 0. The van der Waals surface area contributed by atoms with Crippen LogP contribution < -0.4 is 9.47 Å². The van der Waals surface area contributed by atoms with Gasteiger partial charge in [-0.05, 0) is 36.8 Å². The molecule has 1 unspecified atom stereocenters. The predicted molar refractivity (Wildman–Crippen MR) is 94.6 cm³/mol. The Hall–Kier alpha value is -2.18. The van der Waals surface area contributed by atoms with Gasteiger partial charge in [-0.15, -0.1) is 0 Å². The van der Waals surface area contributed by atoms with Gasteiger partial charge in [-0.25, -0.2) is 8.78 Å². The van der Waals surface area contributed by atoms with Crippen LogP contribution in [0.2, 0.25) is 0 Å². The van der Waals surface area contributed by atoms with Crippen molar-refractivity contribution in [2.24, 2.45) is 0 Å². The Morgan fingerprint density at radius 2 is 1.92 bits per heavy atom. The van der Waals surface area contributed by atoms with Crippen LogP contribution in [0.4, 0.5) is 8.78 Å². The highest BCUT2D eigenvalue weighted by Crippen LogP contribution is 2.28. The van der Waals surface area contributed by atoms with Crippen LogP contribution in [-0.4, -0.2) is 44.4 Å². The molecule has 1 aliphatic rings. The molecule has 1 fully saturated rings. The molecule has 0 bridgehead atoms. The summed E-state index contributed by atoms with van der Waals surface area (Å²) in [6.07, 6.45) is -0.176. The van der Waals surface area contributed by atoms with Crippen molar-refractivity contribution in [3.63, 3.8) is 0 Å². The van der Waals surface area contributed by atoms with Crippen LogP contribution in [0.5, 0.6) is 11.5 Å². The Balaban J connectivity index is 1.59. The molecule has 1 heterocycles. The number of methoxy groups -OCH3 is 1. The van der Waals surface area contributed by atoms with Gasteiger partial charge in [0.1, 0.15) is 24.3 Å². The molecule has 4 nitrogen and oxygen atoms in total. The lowest BCUT2D eigenvalue weighted by Gasteiger charge is -2.33. The molecule has 3 rings (SSSR count). The summed E-state index contributed by atoms with van der Waals surface area (Å²) in [4.78, 5) is 1.98. The topological polar surface area (TPSA) is 30.9 Å². The second kappa shape index (κ2) is 8.47. The van der Waals surface area contributed by atoms with Gasteiger partial charge in [0, 0.05) is 25.2 Å². The van der Waals surface area contributed by atoms with E-state index in [1.54, 1.807) is 7.11 Å². The molecule has 1 aliphatic heterocycles. The first-order valence-corrected chi connectivity index (χ1v) is 8.61. The van der Waals surface area contributed by atoms with E-state index in [1.165, 1.54) is 18.2 Å². The van der Waals surface area contributed by atoms with Crippen LogP contribution >= 0.6 is 0 Å². The lowest BCUT2D eigenvalue weighted by atomic mass is 10.1. The lowest BCUT2D eigenvalue weighted by molar-refractivity contribution is -0.0511. The minimum absolute atomic E-state index is 0.0919. The summed E-state index contributed by atoms with van der Waals surface area (Å²) in [7, 11) is 1.60. The van der Waals surface area contributed by atoms with Crippen LogP contribution in [0.15, 0.2) is 36.4 Å². The molecule has 6 heteroatoms. The Bertz CT molecular complexity index is 734. The molecule has 0 radical (unpaired) electrons. The third-order valence-corrected chi connectivity index (χ3v) is 4.41. The molecule has 2 aromatic carbocycles. The van der Waals surface area contributed by atoms with E-state index < -0.39 is 11.6 Å². The largest absolute Gasteiger partial charge is 0.493 e. The van der Waals surface area contributed by atoms with E-state index in [2.05, 4.69) is 0 Å². The molecule has 26 heavy (non-hydrogen) atoms. The molecule has 140 valence electrons. The first-order valence-electron chi connectivity index (χ1n) is 8.61. The Labute approximate surface area is 152 Å². The van der Waals surface area contributed by atoms with Crippen LogP contribution in [0, 0.1) is 18.6 Å². The van der Waals surface area contributed by atoms with E-state index in [0.717, 1.165) is 5.56 Å². The quantitative estimate of drug-likeness (QED) is 0.785. The summed E-state index contributed by atoms with van der Waals surface area (Å²) in [5.74, 6) is 0.285. The van der Waals surface area contributed by atoms with Crippen molar-refractivity contribution >= 4 is 0 Å². The van der Waals surface area contributed by atoms with Crippen molar-refractivity contribution in [2.45, 2.75) is 19.6 Å². The average Bonchev–Trinajstić information content (AvgIpc) is 2.64. The smallest absolute Gasteiger partial charge is 0.161 e. The van der Waals surface area contributed by atoms with Gasteiger partial charge in [-0.2, -0.15) is 0 Å². The molecular formula is C20H23F2NO3. The minimum atomic E-state index is -0.520. The van der Waals surface area contributed by atoms with Crippen LogP contribution in [0.1, 0.15) is 11.1 Å². The van der Waals surface area contributed by atoms with Crippen molar-refractivity contribution in [3.05, 3.63) is 59.2 Å². The Kier molecular flexibility index (Phi) is 6.06. The van der Waals surface area contributed by atoms with Crippen molar-refractivity contribution in [2.75, 3.05) is 33.4 Å². The number of morpholine rings is 1. The fourth-order valence-corrected chi connectivity index (χ4v) is 3.01. The fraction of sp³-hybridized carbons (Fsp3) is 0.400. The number of aryl methyl sites for hydroxylation is 1. The highest BCUT2D eigenvalue weighted by molar-refractivity contribution is 5.42. The highest BCUT2D eigenvalue weighted by atomic mass is 19.1. The molecule has 0 spiro atoms. The Morgan fingerprint density at radius 1 is 1.15 bits per heavy atom. The third kappa shape index (κ3) is 4.51. The van der Waals surface area contributed by atoms with Crippen molar-refractivity contribution < 1.29 is 23.0 Å². The molecule has 0 N–H and O–H groups in total. The maximum absolute atomic E-state index is 13.9. The van der Waals surface area contributed by atoms with Gasteiger partial charge in [0.05, 0.1) is 13.7 Å². The number of rotatable bonds is 6. The summed E-state index contributed by atoms with van der Waals surface area (Å²) >= 11 is 0. The number of hydrogen-bond acceptors (Lipinski definition) is 4. The van der Waals surface area contributed by atoms with Gasteiger partial charge >= 0.3 is 0 Å². The number of benzene rings is 2. The molecular weight excluding hydrogens is 340 g/mol. The molecule has 0 aliphatic carbocycles. The van der Waals surface area contributed by atoms with E-state index in [9.17, 15) is 8.78 Å². The third-order valence-electron chi connectivity index (χ3n) is 4.41. The van der Waals surface area contributed by atoms with Crippen LogP contribution in [0.3, 0.4) is 0 Å². The lowest BCUT2D eigenvalue weighted by Crippen LogP contribution is -2.44. The first kappa shape index (κ1) is 18.6. The molecule has 0 amide bonds. The number of hydrogen-bond donors (Lipinski definition) is 0. The van der Waals surface area contributed by atoms with Crippen LogP contribution in [-0.2, 0) is 11.3 Å². The van der Waals surface area contributed by atoms with Crippen molar-refractivity contribution in [3.8, 4) is 11.5 Å². The van der Waals surface area contributed by atoms with Crippen molar-refractivity contribution in [1.82, 2.24) is 4.90 Å². The summed E-state index contributed by atoms with van der Waals surface area (Å²) < 4.78 is 44.6. The number of nitrogens with zero attached hydrogens (tertiary/aromatic N) is 1. The SMILES string of the molecule is COc1cc(C)ccc1OCC1CN(Cc2c(F)cccc2F)CCO1. The monoisotopic (exact) mass is 363 g/mol. The second-order valence-electron chi connectivity index (χ2n) is 6.39. The van der Waals surface area contributed by atoms with Gasteiger partial charge in [-0.1, -0.05) is 12.1 Å². The molecule has 1 atom stereocenters. The highest BCUT2D eigenvalue weighted by Gasteiger charge is 2.23. The van der Waals surface area contributed by atoms with Gasteiger partial charge in [-0.3, -0.25) is 4.90 Å². The first-order chi connectivity index (χ1) is 12.6. The predicted octanol–water partition coefficient (Wildman–Crippen LogP) is 3.56. The van der Waals surface area contributed by atoms with Crippen LogP contribution in [0.25, 0.3) is 0 Å². The zero-order valence-corrected chi connectivity index (χ0v) is 15.0. The second-order valence-corrected chi connectivity index (χ2v) is 6.39. The van der Waals surface area contributed by atoms with Crippen molar-refractivity contribution in [1.29, 1.82) is 0 Å². The average molecular weight is 363 g/mol. The fourth-order valence-electron chi connectivity index (χ4n) is 3.01. The van der Waals surface area contributed by atoms with E-state index in [1.807, 2.05) is 30.0 Å². The summed E-state index contributed by atoms with van der Waals surface area (Å²) in [6.45, 7) is 4.20. The van der Waals surface area contributed by atoms with Gasteiger partial charge in [0.25, 0.3) is 0 Å². The van der Waals surface area contributed by atoms with E-state index in [4.69, 9.17) is 14.2 Å². The summed E-state index contributed by atoms with van der Waals surface area (Å²) in [6, 6.07) is 9.66. The summed E-state index contributed by atoms with van der Waals surface area (Å²) in [5.41, 5.74) is 1.18. The Morgan fingerprint density at radius 3 is 2.65 bits per heavy atom. The van der Waals surface area contributed by atoms with Gasteiger partial charge < -0.3 is 14.2 Å². The zero-order chi connectivity index (χ0) is 18.5. The maximum Gasteiger partial charge on any atom is 0.161 e.